The standard InChI is InChI=1S/C15H11ClF5N3O/c16-9-6-8(15(19,20)21)7-24-13(9)22-4-5-23-14(25)12-10(17)2-1-3-11(12)18/h1-3,6-7H,4-5H2,(H,22,24)(H,23,25). The van der Waals surface area contributed by atoms with Crippen molar-refractivity contribution in [2.45, 2.75) is 6.18 Å². The van der Waals surface area contributed by atoms with Crippen LogP contribution in [0.4, 0.5) is 27.8 Å². The largest absolute Gasteiger partial charge is 0.417 e. The molecule has 2 N–H and O–H groups in total. The van der Waals surface area contributed by atoms with E-state index in [9.17, 15) is 26.7 Å². The molecule has 2 rings (SSSR count). The molecule has 0 saturated heterocycles. The molecule has 10 heteroatoms. The molecule has 1 aromatic heterocycles. The maximum Gasteiger partial charge on any atom is 0.417 e. The molecule has 0 radical (unpaired) electrons. The van der Waals surface area contributed by atoms with Crippen LogP contribution in [-0.2, 0) is 6.18 Å². The summed E-state index contributed by atoms with van der Waals surface area (Å²) in [6, 6.07) is 3.73. The molecule has 0 aliphatic carbocycles. The molecule has 0 unspecified atom stereocenters. The summed E-state index contributed by atoms with van der Waals surface area (Å²) in [5, 5.41) is 4.64. The molecule has 0 aliphatic rings. The van der Waals surface area contributed by atoms with Crippen LogP contribution in [0.2, 0.25) is 5.02 Å². The van der Waals surface area contributed by atoms with Crippen molar-refractivity contribution in [3.63, 3.8) is 0 Å². The van der Waals surface area contributed by atoms with Crippen molar-refractivity contribution in [3.05, 3.63) is 58.2 Å². The summed E-state index contributed by atoms with van der Waals surface area (Å²) >= 11 is 5.70. The molecular formula is C15H11ClF5N3O. The first-order valence-corrected chi connectivity index (χ1v) is 7.26. The van der Waals surface area contributed by atoms with Gasteiger partial charge in [-0.2, -0.15) is 13.2 Å². The molecule has 0 saturated carbocycles. The second-order valence-corrected chi connectivity index (χ2v) is 5.24. The number of nitrogens with zero attached hydrogens (tertiary/aromatic N) is 1. The Balaban J connectivity index is 1.90. The lowest BCUT2D eigenvalue weighted by atomic mass is 10.2. The SMILES string of the molecule is O=C(NCCNc1ncc(C(F)(F)F)cc1Cl)c1c(F)cccc1F. The number of hydrogen-bond donors (Lipinski definition) is 2. The Morgan fingerprint density at radius 3 is 2.36 bits per heavy atom. The lowest BCUT2D eigenvalue weighted by molar-refractivity contribution is -0.137. The Morgan fingerprint density at radius 2 is 1.80 bits per heavy atom. The fourth-order valence-corrected chi connectivity index (χ4v) is 2.12. The Morgan fingerprint density at radius 1 is 1.16 bits per heavy atom. The van der Waals surface area contributed by atoms with Gasteiger partial charge in [-0.25, -0.2) is 13.8 Å². The van der Waals surface area contributed by atoms with E-state index in [1.165, 1.54) is 0 Å². The monoisotopic (exact) mass is 379 g/mol. The highest BCUT2D eigenvalue weighted by molar-refractivity contribution is 6.32. The second kappa shape index (κ2) is 7.64. The van der Waals surface area contributed by atoms with Gasteiger partial charge in [-0.3, -0.25) is 4.79 Å². The number of aromatic nitrogens is 1. The quantitative estimate of drug-likeness (QED) is 0.612. The zero-order valence-electron chi connectivity index (χ0n) is 12.4. The van der Waals surface area contributed by atoms with E-state index in [1.807, 2.05) is 0 Å². The fraction of sp³-hybridized carbons (Fsp3) is 0.200. The summed E-state index contributed by atoms with van der Waals surface area (Å²) in [5.74, 6) is -2.97. The van der Waals surface area contributed by atoms with Crippen molar-refractivity contribution in [2.24, 2.45) is 0 Å². The molecule has 0 bridgehead atoms. The minimum atomic E-state index is -4.56. The van der Waals surface area contributed by atoms with E-state index in [0.29, 0.717) is 12.3 Å². The molecular weight excluding hydrogens is 369 g/mol. The number of carbonyl (C=O) groups excluding carboxylic acids is 1. The first-order valence-electron chi connectivity index (χ1n) is 6.89. The first-order chi connectivity index (χ1) is 11.7. The highest BCUT2D eigenvalue weighted by Crippen LogP contribution is 2.32. The Labute approximate surface area is 144 Å². The molecule has 1 amide bonds. The van der Waals surface area contributed by atoms with Crippen molar-refractivity contribution in [3.8, 4) is 0 Å². The van der Waals surface area contributed by atoms with Gasteiger partial charge in [0, 0.05) is 19.3 Å². The van der Waals surface area contributed by atoms with Crippen molar-refractivity contribution < 1.29 is 26.7 Å². The van der Waals surface area contributed by atoms with Crippen molar-refractivity contribution >= 4 is 23.3 Å². The van der Waals surface area contributed by atoms with E-state index >= 15 is 0 Å². The maximum atomic E-state index is 13.4. The molecule has 134 valence electrons. The molecule has 0 fully saturated rings. The van der Waals surface area contributed by atoms with Gasteiger partial charge in [0.25, 0.3) is 5.91 Å². The van der Waals surface area contributed by atoms with Crippen LogP contribution in [0.25, 0.3) is 0 Å². The summed E-state index contributed by atoms with van der Waals surface area (Å²) in [7, 11) is 0. The zero-order chi connectivity index (χ0) is 18.6. The van der Waals surface area contributed by atoms with E-state index in [2.05, 4.69) is 15.6 Å². The highest BCUT2D eigenvalue weighted by Gasteiger charge is 2.31. The molecule has 2 aromatic rings. The average molecular weight is 380 g/mol. The average Bonchev–Trinajstić information content (AvgIpc) is 2.51. The predicted molar refractivity (Wildman–Crippen MR) is 81.4 cm³/mol. The van der Waals surface area contributed by atoms with Gasteiger partial charge >= 0.3 is 6.18 Å². The normalized spacial score (nSPS) is 11.3. The van der Waals surface area contributed by atoms with Crippen LogP contribution in [0.5, 0.6) is 0 Å². The highest BCUT2D eigenvalue weighted by atomic mass is 35.5. The Kier molecular flexibility index (Phi) is 5.78. The first kappa shape index (κ1) is 18.9. The second-order valence-electron chi connectivity index (χ2n) is 4.83. The number of hydrogen-bond acceptors (Lipinski definition) is 3. The maximum absolute atomic E-state index is 13.4. The van der Waals surface area contributed by atoms with Crippen LogP contribution in [0.1, 0.15) is 15.9 Å². The summed E-state index contributed by atoms with van der Waals surface area (Å²) < 4.78 is 64.3. The summed E-state index contributed by atoms with van der Waals surface area (Å²) in [5.41, 5.74) is -1.71. The van der Waals surface area contributed by atoms with E-state index in [-0.39, 0.29) is 23.9 Å². The van der Waals surface area contributed by atoms with Crippen molar-refractivity contribution in [1.82, 2.24) is 10.3 Å². The van der Waals surface area contributed by atoms with Crippen LogP contribution < -0.4 is 10.6 Å². The molecule has 1 heterocycles. The summed E-state index contributed by atoms with van der Waals surface area (Å²) in [4.78, 5) is 15.3. The van der Waals surface area contributed by atoms with Crippen molar-refractivity contribution in [1.29, 1.82) is 0 Å². The molecule has 25 heavy (non-hydrogen) atoms. The number of halogens is 6. The molecule has 0 aliphatic heterocycles. The molecule has 4 nitrogen and oxygen atoms in total. The zero-order valence-corrected chi connectivity index (χ0v) is 13.2. The van der Waals surface area contributed by atoms with Gasteiger partial charge in [0.05, 0.1) is 10.6 Å². The lowest BCUT2D eigenvalue weighted by Gasteiger charge is -2.11. The topological polar surface area (TPSA) is 54.0 Å². The van der Waals surface area contributed by atoms with Gasteiger partial charge in [-0.15, -0.1) is 0 Å². The van der Waals surface area contributed by atoms with Gasteiger partial charge in [0.1, 0.15) is 23.0 Å². The number of benzene rings is 1. The van der Waals surface area contributed by atoms with Crippen molar-refractivity contribution in [2.75, 3.05) is 18.4 Å². The van der Waals surface area contributed by atoms with Crippen LogP contribution in [0, 0.1) is 11.6 Å². The number of anilines is 1. The van der Waals surface area contributed by atoms with E-state index in [4.69, 9.17) is 11.6 Å². The van der Waals surface area contributed by atoms with E-state index in [1.54, 1.807) is 0 Å². The van der Waals surface area contributed by atoms with Gasteiger partial charge < -0.3 is 10.6 Å². The molecule has 0 spiro atoms. The van der Waals surface area contributed by atoms with Crippen LogP contribution in [0.15, 0.2) is 30.5 Å². The number of amides is 1. The fourth-order valence-electron chi connectivity index (χ4n) is 1.88. The van der Waals surface area contributed by atoms with Gasteiger partial charge in [0.2, 0.25) is 0 Å². The van der Waals surface area contributed by atoms with E-state index < -0.39 is 34.8 Å². The predicted octanol–water partition coefficient (Wildman–Crippen LogP) is 3.87. The minimum absolute atomic E-state index is 0.0130. The Hall–Kier alpha value is -2.42. The molecule has 1 aromatic carbocycles. The van der Waals surface area contributed by atoms with Gasteiger partial charge in [-0.05, 0) is 18.2 Å². The number of carbonyl (C=O) groups is 1. The third-order valence-electron chi connectivity index (χ3n) is 3.06. The van der Waals surface area contributed by atoms with Gasteiger partial charge in [-0.1, -0.05) is 17.7 Å². The number of nitrogens with one attached hydrogen (secondary N) is 2. The summed E-state index contributed by atoms with van der Waals surface area (Å²) in [6.45, 7) is -0.0362. The van der Waals surface area contributed by atoms with Crippen LogP contribution in [0.3, 0.4) is 0 Å². The smallest absolute Gasteiger partial charge is 0.367 e. The third kappa shape index (κ3) is 4.79. The van der Waals surface area contributed by atoms with E-state index in [0.717, 1.165) is 18.2 Å². The van der Waals surface area contributed by atoms with Crippen LogP contribution >= 0.6 is 11.6 Å². The minimum Gasteiger partial charge on any atom is -0.367 e. The molecule has 0 atom stereocenters. The van der Waals surface area contributed by atoms with Gasteiger partial charge in [0.15, 0.2) is 0 Å². The number of pyridine rings is 1. The number of rotatable bonds is 5. The van der Waals surface area contributed by atoms with Crippen LogP contribution in [-0.4, -0.2) is 24.0 Å². The summed E-state index contributed by atoms with van der Waals surface area (Å²) in [6.07, 6.45) is -3.95. The third-order valence-corrected chi connectivity index (χ3v) is 3.35. The Bertz CT molecular complexity index is 762. The lowest BCUT2D eigenvalue weighted by Crippen LogP contribution is -2.30. The number of alkyl halides is 3.